The Bertz CT molecular complexity index is 388. The van der Waals surface area contributed by atoms with E-state index in [0.717, 1.165) is 0 Å². The molecule has 1 aromatic rings. The fourth-order valence-electron chi connectivity index (χ4n) is 1.93. The van der Waals surface area contributed by atoms with Gasteiger partial charge in [0.05, 0.1) is 0 Å². The number of carboxylic acids is 1. The van der Waals surface area contributed by atoms with Crippen LogP contribution < -0.4 is 5.32 Å². The molecule has 1 atom stereocenters. The van der Waals surface area contributed by atoms with Crippen molar-refractivity contribution in [1.82, 2.24) is 4.98 Å². The SMILES string of the molecule is CC(Nc1cccc(C(=O)O)n1)C1CCC1. The van der Waals surface area contributed by atoms with Gasteiger partial charge in [-0.15, -0.1) is 0 Å². The molecule has 4 nitrogen and oxygen atoms in total. The zero-order valence-electron chi connectivity index (χ0n) is 9.31. The maximum atomic E-state index is 10.7. The molecule has 0 saturated heterocycles. The first-order valence-electron chi connectivity index (χ1n) is 5.63. The van der Waals surface area contributed by atoms with E-state index in [0.29, 0.717) is 17.8 Å². The molecule has 86 valence electrons. The average Bonchev–Trinajstić information content (AvgIpc) is 2.15. The lowest BCUT2D eigenvalue weighted by Gasteiger charge is -2.32. The molecule has 1 aliphatic rings. The van der Waals surface area contributed by atoms with Crippen LogP contribution in [0.25, 0.3) is 0 Å². The van der Waals surface area contributed by atoms with Crippen molar-refractivity contribution in [2.45, 2.75) is 32.2 Å². The number of aromatic nitrogens is 1. The first-order chi connectivity index (χ1) is 7.66. The Morgan fingerprint density at radius 3 is 2.88 bits per heavy atom. The first-order valence-corrected chi connectivity index (χ1v) is 5.63. The van der Waals surface area contributed by atoms with Gasteiger partial charge in [-0.25, -0.2) is 9.78 Å². The molecule has 1 unspecified atom stereocenters. The quantitative estimate of drug-likeness (QED) is 0.817. The van der Waals surface area contributed by atoms with Gasteiger partial charge < -0.3 is 10.4 Å². The molecule has 2 N–H and O–H groups in total. The predicted octanol–water partition coefficient (Wildman–Crippen LogP) is 2.38. The third kappa shape index (κ3) is 2.32. The van der Waals surface area contributed by atoms with Crippen LogP contribution in [0.5, 0.6) is 0 Å². The highest BCUT2D eigenvalue weighted by atomic mass is 16.4. The van der Waals surface area contributed by atoms with E-state index >= 15 is 0 Å². The van der Waals surface area contributed by atoms with Crippen molar-refractivity contribution in [1.29, 1.82) is 0 Å². The summed E-state index contributed by atoms with van der Waals surface area (Å²) in [4.78, 5) is 14.8. The van der Waals surface area contributed by atoms with Crippen molar-refractivity contribution in [2.24, 2.45) is 5.92 Å². The number of carboxylic acid groups (broad SMARTS) is 1. The molecule has 16 heavy (non-hydrogen) atoms. The average molecular weight is 220 g/mol. The lowest BCUT2D eigenvalue weighted by Crippen LogP contribution is -2.31. The van der Waals surface area contributed by atoms with Crippen LogP contribution in [0.15, 0.2) is 18.2 Å². The second-order valence-corrected chi connectivity index (χ2v) is 4.34. The number of hydrogen-bond acceptors (Lipinski definition) is 3. The van der Waals surface area contributed by atoms with Crippen LogP contribution in [0, 0.1) is 5.92 Å². The minimum absolute atomic E-state index is 0.0887. The summed E-state index contributed by atoms with van der Waals surface area (Å²) >= 11 is 0. The third-order valence-electron chi connectivity index (χ3n) is 3.20. The summed E-state index contributed by atoms with van der Waals surface area (Å²) in [6.07, 6.45) is 3.82. The number of rotatable bonds is 4. The molecule has 1 aromatic heterocycles. The smallest absolute Gasteiger partial charge is 0.354 e. The summed E-state index contributed by atoms with van der Waals surface area (Å²) in [7, 11) is 0. The number of pyridine rings is 1. The monoisotopic (exact) mass is 220 g/mol. The zero-order valence-corrected chi connectivity index (χ0v) is 9.31. The summed E-state index contributed by atoms with van der Waals surface area (Å²) in [5.41, 5.74) is 0.0887. The molecular weight excluding hydrogens is 204 g/mol. The number of nitrogens with zero attached hydrogens (tertiary/aromatic N) is 1. The van der Waals surface area contributed by atoms with E-state index in [9.17, 15) is 4.79 Å². The Hall–Kier alpha value is -1.58. The van der Waals surface area contributed by atoms with Gasteiger partial charge in [0.2, 0.25) is 0 Å². The van der Waals surface area contributed by atoms with E-state index < -0.39 is 5.97 Å². The molecule has 0 spiro atoms. The van der Waals surface area contributed by atoms with E-state index in [1.807, 2.05) is 6.07 Å². The number of aromatic carboxylic acids is 1. The van der Waals surface area contributed by atoms with Gasteiger partial charge in [0.1, 0.15) is 5.82 Å². The van der Waals surface area contributed by atoms with Gasteiger partial charge in [0, 0.05) is 6.04 Å². The topological polar surface area (TPSA) is 62.2 Å². The number of anilines is 1. The second-order valence-electron chi connectivity index (χ2n) is 4.34. The van der Waals surface area contributed by atoms with Crippen molar-refractivity contribution in [3.63, 3.8) is 0 Å². The third-order valence-corrected chi connectivity index (χ3v) is 3.20. The highest BCUT2D eigenvalue weighted by molar-refractivity contribution is 5.85. The van der Waals surface area contributed by atoms with Gasteiger partial charge >= 0.3 is 5.97 Å². The van der Waals surface area contributed by atoms with Crippen LogP contribution >= 0.6 is 0 Å². The maximum absolute atomic E-state index is 10.7. The molecule has 0 aliphatic heterocycles. The molecule has 1 heterocycles. The van der Waals surface area contributed by atoms with Gasteiger partial charge in [0.25, 0.3) is 0 Å². The van der Waals surface area contributed by atoms with Crippen molar-refractivity contribution in [2.75, 3.05) is 5.32 Å². The highest BCUT2D eigenvalue weighted by Crippen LogP contribution is 2.30. The van der Waals surface area contributed by atoms with Crippen LogP contribution in [0.1, 0.15) is 36.7 Å². The van der Waals surface area contributed by atoms with E-state index in [1.54, 1.807) is 6.07 Å². The van der Waals surface area contributed by atoms with Crippen molar-refractivity contribution in [3.8, 4) is 0 Å². The van der Waals surface area contributed by atoms with Gasteiger partial charge in [-0.1, -0.05) is 12.5 Å². The summed E-state index contributed by atoms with van der Waals surface area (Å²) in [5, 5.41) is 12.1. The second kappa shape index (κ2) is 4.51. The van der Waals surface area contributed by atoms with Gasteiger partial charge in [-0.2, -0.15) is 0 Å². The van der Waals surface area contributed by atoms with Crippen LogP contribution in [0.4, 0.5) is 5.82 Å². The van der Waals surface area contributed by atoms with Gasteiger partial charge in [0.15, 0.2) is 5.69 Å². The Balaban J connectivity index is 2.02. The molecule has 2 rings (SSSR count). The van der Waals surface area contributed by atoms with Crippen LogP contribution in [-0.2, 0) is 0 Å². The summed E-state index contributed by atoms with van der Waals surface area (Å²) < 4.78 is 0. The zero-order chi connectivity index (χ0) is 11.5. The summed E-state index contributed by atoms with van der Waals surface area (Å²) in [6.45, 7) is 2.12. The Kier molecular flexibility index (Phi) is 3.08. The van der Waals surface area contributed by atoms with Crippen molar-refractivity contribution < 1.29 is 9.90 Å². The molecule has 1 saturated carbocycles. The molecule has 1 fully saturated rings. The van der Waals surface area contributed by atoms with Gasteiger partial charge in [-0.05, 0) is 37.8 Å². The molecule has 0 bridgehead atoms. The van der Waals surface area contributed by atoms with E-state index in [1.165, 1.54) is 25.3 Å². The Morgan fingerprint density at radius 2 is 2.31 bits per heavy atom. The van der Waals surface area contributed by atoms with E-state index in [-0.39, 0.29) is 5.69 Å². The van der Waals surface area contributed by atoms with Gasteiger partial charge in [-0.3, -0.25) is 0 Å². The Morgan fingerprint density at radius 1 is 1.56 bits per heavy atom. The maximum Gasteiger partial charge on any atom is 0.354 e. The Labute approximate surface area is 94.7 Å². The number of hydrogen-bond donors (Lipinski definition) is 2. The normalized spacial score (nSPS) is 17.6. The standard InChI is InChI=1S/C12H16N2O2/c1-8(9-4-2-5-9)13-11-7-3-6-10(14-11)12(15)16/h3,6-9H,2,4-5H2,1H3,(H,13,14)(H,15,16). The molecule has 1 aliphatic carbocycles. The number of nitrogens with one attached hydrogen (secondary N) is 1. The molecular formula is C12H16N2O2. The highest BCUT2D eigenvalue weighted by Gasteiger charge is 2.23. The predicted molar refractivity (Wildman–Crippen MR) is 61.6 cm³/mol. The molecule has 0 amide bonds. The fourth-order valence-corrected chi connectivity index (χ4v) is 1.93. The van der Waals surface area contributed by atoms with E-state index in [4.69, 9.17) is 5.11 Å². The molecule has 4 heteroatoms. The lowest BCUT2D eigenvalue weighted by atomic mass is 9.80. The van der Waals surface area contributed by atoms with Crippen molar-refractivity contribution >= 4 is 11.8 Å². The van der Waals surface area contributed by atoms with Crippen LogP contribution in [0.2, 0.25) is 0 Å². The van der Waals surface area contributed by atoms with E-state index in [2.05, 4.69) is 17.2 Å². The van der Waals surface area contributed by atoms with Crippen molar-refractivity contribution in [3.05, 3.63) is 23.9 Å². The fraction of sp³-hybridized carbons (Fsp3) is 0.500. The van der Waals surface area contributed by atoms with Crippen LogP contribution in [0.3, 0.4) is 0 Å². The summed E-state index contributed by atoms with van der Waals surface area (Å²) in [5.74, 6) is 0.370. The largest absolute Gasteiger partial charge is 0.477 e. The minimum atomic E-state index is -0.986. The lowest BCUT2D eigenvalue weighted by molar-refractivity contribution is 0.0690. The van der Waals surface area contributed by atoms with Crippen LogP contribution in [-0.4, -0.2) is 22.1 Å². The first kappa shape index (κ1) is 10.9. The molecule has 0 aromatic carbocycles. The minimum Gasteiger partial charge on any atom is -0.477 e. The molecule has 0 radical (unpaired) electrons. The summed E-state index contributed by atoms with van der Waals surface area (Å²) in [6, 6.07) is 5.39. The number of carbonyl (C=O) groups is 1.